The maximum Gasteiger partial charge on any atom is 0.251 e. The molecule has 120 valence electrons. The van der Waals surface area contributed by atoms with E-state index in [-0.39, 0.29) is 12.0 Å². The fraction of sp³-hybridized carbons (Fsp3) is 0.611. The first-order valence-corrected chi connectivity index (χ1v) is 8.32. The molecule has 0 aromatic heterocycles. The van der Waals surface area contributed by atoms with Gasteiger partial charge in [-0.2, -0.15) is 0 Å². The Morgan fingerprint density at radius 1 is 1.36 bits per heavy atom. The number of nitrogens with zero attached hydrogens (tertiary/aromatic N) is 1. The number of hydrogen-bond donors (Lipinski definition) is 0. The van der Waals surface area contributed by atoms with Crippen molar-refractivity contribution in [2.45, 2.75) is 38.7 Å². The van der Waals surface area contributed by atoms with Crippen molar-refractivity contribution in [1.82, 2.24) is 4.90 Å². The summed E-state index contributed by atoms with van der Waals surface area (Å²) in [5.74, 6) is 1.51. The Balaban J connectivity index is 1.51. The quantitative estimate of drug-likeness (QED) is 0.858. The summed E-state index contributed by atoms with van der Waals surface area (Å²) in [6, 6.07) is 8.12. The molecule has 2 atom stereocenters. The zero-order chi connectivity index (χ0) is 15.4. The van der Waals surface area contributed by atoms with Gasteiger partial charge in [-0.3, -0.25) is 4.79 Å². The Morgan fingerprint density at radius 3 is 3.05 bits per heavy atom. The largest absolute Gasteiger partial charge is 0.493 e. The molecule has 0 aliphatic carbocycles. The molecule has 2 saturated heterocycles. The number of ether oxygens (including phenoxy) is 2. The van der Waals surface area contributed by atoms with Crippen molar-refractivity contribution in [1.29, 1.82) is 0 Å². The molecule has 22 heavy (non-hydrogen) atoms. The molecule has 3 rings (SSSR count). The summed E-state index contributed by atoms with van der Waals surface area (Å²) in [4.78, 5) is 14.4. The van der Waals surface area contributed by atoms with Crippen LogP contribution in [0.3, 0.4) is 0 Å². The number of carbonyl (C=O) groups is 1. The third-order valence-electron chi connectivity index (χ3n) is 4.51. The molecule has 2 aliphatic heterocycles. The minimum atomic E-state index is -0.198. The van der Waals surface area contributed by atoms with E-state index in [2.05, 4.69) is 19.1 Å². The van der Waals surface area contributed by atoms with Gasteiger partial charge in [0.15, 0.2) is 0 Å². The van der Waals surface area contributed by atoms with Crippen LogP contribution in [0.25, 0.3) is 0 Å². The van der Waals surface area contributed by atoms with E-state index in [1.165, 1.54) is 5.56 Å². The Morgan fingerprint density at radius 2 is 2.27 bits per heavy atom. The lowest BCUT2D eigenvalue weighted by Crippen LogP contribution is -2.45. The molecule has 0 radical (unpaired) electrons. The predicted octanol–water partition coefficient (Wildman–Crippen LogP) is 2.79. The fourth-order valence-electron chi connectivity index (χ4n) is 3.30. The lowest BCUT2D eigenvalue weighted by molar-refractivity contribution is -0.143. The van der Waals surface area contributed by atoms with Crippen molar-refractivity contribution in [3.8, 4) is 5.75 Å². The highest BCUT2D eigenvalue weighted by Gasteiger charge is 2.31. The van der Waals surface area contributed by atoms with Gasteiger partial charge >= 0.3 is 0 Å². The molecule has 2 aliphatic rings. The van der Waals surface area contributed by atoms with E-state index in [0.29, 0.717) is 12.5 Å². The van der Waals surface area contributed by atoms with Crippen molar-refractivity contribution in [3.05, 3.63) is 29.8 Å². The Kier molecular flexibility index (Phi) is 4.98. The molecule has 2 fully saturated rings. The zero-order valence-electron chi connectivity index (χ0n) is 13.3. The summed E-state index contributed by atoms with van der Waals surface area (Å²) in [5, 5.41) is 0. The van der Waals surface area contributed by atoms with Crippen molar-refractivity contribution < 1.29 is 14.3 Å². The van der Waals surface area contributed by atoms with E-state index in [1.54, 1.807) is 0 Å². The Bertz CT molecular complexity index is 511. The van der Waals surface area contributed by atoms with Crippen molar-refractivity contribution in [2.24, 2.45) is 5.92 Å². The second-order valence-electron chi connectivity index (χ2n) is 6.42. The fourth-order valence-corrected chi connectivity index (χ4v) is 3.30. The summed E-state index contributed by atoms with van der Waals surface area (Å²) < 4.78 is 11.4. The smallest absolute Gasteiger partial charge is 0.251 e. The van der Waals surface area contributed by atoms with E-state index in [9.17, 15) is 4.79 Å². The third-order valence-corrected chi connectivity index (χ3v) is 4.51. The lowest BCUT2D eigenvalue weighted by Gasteiger charge is -2.34. The monoisotopic (exact) mass is 303 g/mol. The van der Waals surface area contributed by atoms with Gasteiger partial charge in [0.1, 0.15) is 11.9 Å². The van der Waals surface area contributed by atoms with Crippen LogP contribution in [0.15, 0.2) is 24.3 Å². The van der Waals surface area contributed by atoms with Gasteiger partial charge in [0.2, 0.25) is 0 Å². The molecule has 1 amide bonds. The summed E-state index contributed by atoms with van der Waals surface area (Å²) in [6.07, 6.45) is 3.86. The molecule has 1 aromatic rings. The molecule has 1 aromatic carbocycles. The Labute approximate surface area is 132 Å². The van der Waals surface area contributed by atoms with Crippen LogP contribution in [0.4, 0.5) is 0 Å². The lowest BCUT2D eigenvalue weighted by atomic mass is 9.98. The minimum absolute atomic E-state index is 0.178. The summed E-state index contributed by atoms with van der Waals surface area (Å²) >= 11 is 0. The summed E-state index contributed by atoms with van der Waals surface area (Å²) in [6.45, 7) is 5.13. The second-order valence-corrected chi connectivity index (χ2v) is 6.42. The van der Waals surface area contributed by atoms with Crippen LogP contribution >= 0.6 is 0 Å². The highest BCUT2D eigenvalue weighted by molar-refractivity contribution is 5.81. The van der Waals surface area contributed by atoms with E-state index in [1.807, 2.05) is 17.0 Å². The summed E-state index contributed by atoms with van der Waals surface area (Å²) in [5.41, 5.74) is 1.20. The first-order chi connectivity index (χ1) is 10.7. The average molecular weight is 303 g/mol. The normalized spacial score (nSPS) is 25.2. The standard InChI is InChI=1S/C18H25NO3/c1-14-5-2-7-16(11-14)22-13-15-6-3-9-19(12-15)18(20)17-8-4-10-21-17/h2,5,7,11,15,17H,3-4,6,8-10,12-13H2,1H3. The molecular weight excluding hydrogens is 278 g/mol. The number of hydrogen-bond acceptors (Lipinski definition) is 3. The maximum absolute atomic E-state index is 12.4. The molecule has 2 heterocycles. The third kappa shape index (κ3) is 3.80. The van der Waals surface area contributed by atoms with Crippen LogP contribution in [-0.2, 0) is 9.53 Å². The Hall–Kier alpha value is -1.55. The predicted molar refractivity (Wildman–Crippen MR) is 85.0 cm³/mol. The van der Waals surface area contributed by atoms with Gasteiger partial charge in [0.05, 0.1) is 6.61 Å². The van der Waals surface area contributed by atoms with E-state index < -0.39 is 0 Å². The van der Waals surface area contributed by atoms with Crippen molar-refractivity contribution in [2.75, 3.05) is 26.3 Å². The molecule has 0 spiro atoms. The zero-order valence-corrected chi connectivity index (χ0v) is 13.3. The SMILES string of the molecule is Cc1cccc(OCC2CCCN(C(=O)C3CCCO3)C2)c1. The van der Waals surface area contributed by atoms with Crippen LogP contribution in [0, 0.1) is 12.8 Å². The molecule has 4 nitrogen and oxygen atoms in total. The highest BCUT2D eigenvalue weighted by Crippen LogP contribution is 2.22. The number of carbonyl (C=O) groups excluding carboxylic acids is 1. The van der Waals surface area contributed by atoms with Gasteiger partial charge in [0.25, 0.3) is 5.91 Å². The number of rotatable bonds is 4. The molecule has 0 saturated carbocycles. The molecular formula is C18H25NO3. The molecule has 0 bridgehead atoms. The van der Waals surface area contributed by atoms with Gasteiger partial charge in [-0.1, -0.05) is 12.1 Å². The number of aryl methyl sites for hydroxylation is 1. The number of likely N-dealkylation sites (tertiary alicyclic amines) is 1. The van der Waals surface area contributed by atoms with Crippen LogP contribution in [0.2, 0.25) is 0 Å². The highest BCUT2D eigenvalue weighted by atomic mass is 16.5. The summed E-state index contributed by atoms with van der Waals surface area (Å²) in [7, 11) is 0. The van der Waals surface area contributed by atoms with Gasteiger partial charge < -0.3 is 14.4 Å². The van der Waals surface area contributed by atoms with Crippen molar-refractivity contribution in [3.63, 3.8) is 0 Å². The molecule has 4 heteroatoms. The van der Waals surface area contributed by atoms with Gasteiger partial charge in [-0.25, -0.2) is 0 Å². The van der Waals surface area contributed by atoms with Crippen LogP contribution in [0.5, 0.6) is 5.75 Å². The van der Waals surface area contributed by atoms with Crippen LogP contribution < -0.4 is 4.74 Å². The van der Waals surface area contributed by atoms with Gasteiger partial charge in [-0.15, -0.1) is 0 Å². The molecule has 2 unspecified atom stereocenters. The molecule has 0 N–H and O–H groups in total. The topological polar surface area (TPSA) is 38.8 Å². The number of amides is 1. The van der Waals surface area contributed by atoms with Gasteiger partial charge in [0, 0.05) is 25.6 Å². The minimum Gasteiger partial charge on any atom is -0.493 e. The van der Waals surface area contributed by atoms with E-state index in [0.717, 1.165) is 51.1 Å². The average Bonchev–Trinajstić information content (AvgIpc) is 3.07. The number of benzene rings is 1. The first-order valence-electron chi connectivity index (χ1n) is 8.32. The number of piperidine rings is 1. The second kappa shape index (κ2) is 7.14. The van der Waals surface area contributed by atoms with E-state index >= 15 is 0 Å². The maximum atomic E-state index is 12.4. The van der Waals surface area contributed by atoms with Crippen LogP contribution in [-0.4, -0.2) is 43.2 Å². The first kappa shape index (κ1) is 15.3. The van der Waals surface area contributed by atoms with Gasteiger partial charge in [-0.05, 0) is 50.3 Å². The van der Waals surface area contributed by atoms with Crippen LogP contribution in [0.1, 0.15) is 31.2 Å². The van der Waals surface area contributed by atoms with E-state index in [4.69, 9.17) is 9.47 Å². The van der Waals surface area contributed by atoms with Crippen molar-refractivity contribution >= 4 is 5.91 Å².